The van der Waals surface area contributed by atoms with Crippen LogP contribution in [-0.2, 0) is 4.79 Å². The molecule has 1 heterocycles. The number of benzene rings is 1. The summed E-state index contributed by atoms with van der Waals surface area (Å²) in [6.45, 7) is 1.69. The van der Waals surface area contributed by atoms with Gasteiger partial charge in [-0.05, 0) is 36.6 Å². The fraction of sp³-hybridized carbons (Fsp3) is 0.400. The fourth-order valence-electron chi connectivity index (χ4n) is 2.24. The first kappa shape index (κ1) is 14.7. The van der Waals surface area contributed by atoms with Crippen LogP contribution >= 0.6 is 11.6 Å². The van der Waals surface area contributed by atoms with Crippen molar-refractivity contribution in [2.75, 3.05) is 27.3 Å². The molecule has 5 heteroatoms. The Labute approximate surface area is 123 Å². The molecule has 1 amide bonds. The topological polar surface area (TPSA) is 38.8 Å². The highest BCUT2D eigenvalue weighted by Crippen LogP contribution is 2.36. The molecule has 0 N–H and O–H groups in total. The molecule has 0 saturated carbocycles. The second-order valence-electron chi connectivity index (χ2n) is 4.60. The number of halogens is 1. The van der Waals surface area contributed by atoms with E-state index in [0.717, 1.165) is 31.5 Å². The minimum absolute atomic E-state index is 0.0356. The number of likely N-dealkylation sites (tertiary alicyclic amines) is 1. The Bertz CT molecular complexity index is 522. The third-order valence-electron chi connectivity index (χ3n) is 3.29. The van der Waals surface area contributed by atoms with Gasteiger partial charge in [0.25, 0.3) is 0 Å². The fourth-order valence-corrected chi connectivity index (χ4v) is 2.54. The van der Waals surface area contributed by atoms with Crippen molar-refractivity contribution in [1.29, 1.82) is 0 Å². The van der Waals surface area contributed by atoms with Gasteiger partial charge in [-0.3, -0.25) is 4.79 Å². The van der Waals surface area contributed by atoms with Gasteiger partial charge in [-0.15, -0.1) is 0 Å². The Morgan fingerprint density at radius 1 is 1.25 bits per heavy atom. The number of ether oxygens (including phenoxy) is 2. The molecule has 1 saturated heterocycles. The van der Waals surface area contributed by atoms with Gasteiger partial charge in [0.05, 0.1) is 19.2 Å². The standard InChI is InChI=1S/C15H18ClNO3/c1-19-13-10-11(9-12(16)15(13)20-2)5-6-14(18)17-7-3-4-8-17/h5-6,9-10H,3-4,7-8H2,1-2H3. The summed E-state index contributed by atoms with van der Waals surface area (Å²) in [6.07, 6.45) is 5.49. The number of methoxy groups -OCH3 is 2. The van der Waals surface area contributed by atoms with Gasteiger partial charge in [0.1, 0.15) is 0 Å². The van der Waals surface area contributed by atoms with E-state index in [-0.39, 0.29) is 5.91 Å². The van der Waals surface area contributed by atoms with E-state index in [0.29, 0.717) is 16.5 Å². The van der Waals surface area contributed by atoms with Crippen molar-refractivity contribution in [3.8, 4) is 11.5 Å². The molecule has 1 fully saturated rings. The van der Waals surface area contributed by atoms with Crippen molar-refractivity contribution in [2.45, 2.75) is 12.8 Å². The maximum absolute atomic E-state index is 11.9. The number of carbonyl (C=O) groups is 1. The molecule has 0 spiro atoms. The summed E-state index contributed by atoms with van der Waals surface area (Å²) in [4.78, 5) is 13.8. The number of hydrogen-bond donors (Lipinski definition) is 0. The molecule has 1 aliphatic rings. The van der Waals surface area contributed by atoms with Gasteiger partial charge in [-0.1, -0.05) is 11.6 Å². The molecule has 0 aliphatic carbocycles. The normalized spacial score (nSPS) is 14.8. The second-order valence-corrected chi connectivity index (χ2v) is 5.01. The zero-order chi connectivity index (χ0) is 14.5. The van der Waals surface area contributed by atoms with Crippen LogP contribution in [0.25, 0.3) is 6.08 Å². The lowest BCUT2D eigenvalue weighted by Crippen LogP contribution is -2.25. The summed E-state index contributed by atoms with van der Waals surface area (Å²) >= 11 is 6.12. The number of hydrogen-bond acceptors (Lipinski definition) is 3. The molecule has 0 aromatic heterocycles. The summed E-state index contributed by atoms with van der Waals surface area (Å²) in [5, 5.41) is 0.458. The van der Waals surface area contributed by atoms with Crippen molar-refractivity contribution < 1.29 is 14.3 Å². The van der Waals surface area contributed by atoms with Gasteiger partial charge >= 0.3 is 0 Å². The van der Waals surface area contributed by atoms with E-state index in [4.69, 9.17) is 21.1 Å². The number of amides is 1. The Hall–Kier alpha value is -1.68. The highest BCUT2D eigenvalue weighted by Gasteiger charge is 2.15. The van der Waals surface area contributed by atoms with Crippen LogP contribution in [0.4, 0.5) is 0 Å². The SMILES string of the molecule is COc1cc(C=CC(=O)N2CCCC2)cc(Cl)c1OC. The summed E-state index contributed by atoms with van der Waals surface area (Å²) < 4.78 is 10.4. The molecule has 2 rings (SSSR count). The molecule has 108 valence electrons. The first-order valence-electron chi connectivity index (χ1n) is 6.54. The van der Waals surface area contributed by atoms with Crippen LogP contribution in [0.3, 0.4) is 0 Å². The molecule has 1 aromatic rings. The lowest BCUT2D eigenvalue weighted by Gasteiger charge is -2.12. The molecule has 0 bridgehead atoms. The van der Waals surface area contributed by atoms with Crippen LogP contribution < -0.4 is 9.47 Å². The number of carbonyl (C=O) groups excluding carboxylic acids is 1. The van der Waals surface area contributed by atoms with Crippen LogP contribution in [0.1, 0.15) is 18.4 Å². The minimum atomic E-state index is 0.0356. The lowest BCUT2D eigenvalue weighted by atomic mass is 10.2. The van der Waals surface area contributed by atoms with E-state index < -0.39 is 0 Å². The van der Waals surface area contributed by atoms with Gasteiger partial charge in [-0.25, -0.2) is 0 Å². The number of nitrogens with zero attached hydrogens (tertiary/aromatic N) is 1. The van der Waals surface area contributed by atoms with Gasteiger partial charge < -0.3 is 14.4 Å². The predicted octanol–water partition coefficient (Wildman–Crippen LogP) is 2.99. The summed E-state index contributed by atoms with van der Waals surface area (Å²) in [5.74, 6) is 1.08. The van der Waals surface area contributed by atoms with E-state index in [1.807, 2.05) is 4.90 Å². The van der Waals surface area contributed by atoms with Crippen LogP contribution in [0.15, 0.2) is 18.2 Å². The summed E-state index contributed by atoms with van der Waals surface area (Å²) in [5.41, 5.74) is 0.806. The van der Waals surface area contributed by atoms with Crippen molar-refractivity contribution in [3.63, 3.8) is 0 Å². The van der Waals surface area contributed by atoms with E-state index in [2.05, 4.69) is 0 Å². The zero-order valence-corrected chi connectivity index (χ0v) is 12.4. The predicted molar refractivity (Wildman–Crippen MR) is 79.4 cm³/mol. The Kier molecular flexibility index (Phi) is 4.90. The average Bonchev–Trinajstić information content (AvgIpc) is 2.98. The first-order chi connectivity index (χ1) is 9.65. The van der Waals surface area contributed by atoms with Gasteiger partial charge in [0.15, 0.2) is 11.5 Å². The maximum atomic E-state index is 11.9. The second kappa shape index (κ2) is 6.66. The molecule has 1 aromatic carbocycles. The quantitative estimate of drug-likeness (QED) is 0.802. The Morgan fingerprint density at radius 3 is 2.55 bits per heavy atom. The molecule has 0 radical (unpaired) electrons. The van der Waals surface area contributed by atoms with Crippen LogP contribution in [0.2, 0.25) is 5.02 Å². The van der Waals surface area contributed by atoms with Crippen molar-refractivity contribution in [1.82, 2.24) is 4.90 Å². The van der Waals surface area contributed by atoms with E-state index >= 15 is 0 Å². The molecule has 0 unspecified atom stereocenters. The highest BCUT2D eigenvalue weighted by atomic mass is 35.5. The van der Waals surface area contributed by atoms with E-state index in [1.54, 1.807) is 31.4 Å². The molecular weight excluding hydrogens is 278 g/mol. The first-order valence-corrected chi connectivity index (χ1v) is 6.92. The van der Waals surface area contributed by atoms with Crippen LogP contribution in [0.5, 0.6) is 11.5 Å². The zero-order valence-electron chi connectivity index (χ0n) is 11.7. The monoisotopic (exact) mass is 295 g/mol. The molecular formula is C15H18ClNO3. The van der Waals surface area contributed by atoms with Gasteiger partial charge in [-0.2, -0.15) is 0 Å². The average molecular weight is 296 g/mol. The Balaban J connectivity index is 2.16. The third-order valence-corrected chi connectivity index (χ3v) is 3.57. The molecule has 20 heavy (non-hydrogen) atoms. The van der Waals surface area contributed by atoms with Gasteiger partial charge in [0.2, 0.25) is 5.91 Å². The van der Waals surface area contributed by atoms with Gasteiger partial charge in [0, 0.05) is 19.2 Å². The molecule has 4 nitrogen and oxygen atoms in total. The van der Waals surface area contributed by atoms with E-state index in [1.165, 1.54) is 7.11 Å². The third kappa shape index (κ3) is 3.25. The van der Waals surface area contributed by atoms with Crippen LogP contribution in [0, 0.1) is 0 Å². The molecule has 0 atom stereocenters. The van der Waals surface area contributed by atoms with E-state index in [9.17, 15) is 4.79 Å². The lowest BCUT2D eigenvalue weighted by molar-refractivity contribution is -0.124. The maximum Gasteiger partial charge on any atom is 0.246 e. The Morgan fingerprint density at radius 2 is 1.95 bits per heavy atom. The van der Waals surface area contributed by atoms with Crippen molar-refractivity contribution >= 4 is 23.6 Å². The smallest absolute Gasteiger partial charge is 0.246 e. The minimum Gasteiger partial charge on any atom is -0.493 e. The molecule has 1 aliphatic heterocycles. The largest absolute Gasteiger partial charge is 0.493 e. The van der Waals surface area contributed by atoms with Crippen LogP contribution in [-0.4, -0.2) is 38.1 Å². The summed E-state index contributed by atoms with van der Waals surface area (Å²) in [7, 11) is 3.09. The summed E-state index contributed by atoms with van der Waals surface area (Å²) in [6, 6.07) is 3.54. The number of rotatable bonds is 4. The van der Waals surface area contributed by atoms with Crippen molar-refractivity contribution in [3.05, 3.63) is 28.8 Å². The van der Waals surface area contributed by atoms with Crippen molar-refractivity contribution in [2.24, 2.45) is 0 Å². The highest BCUT2D eigenvalue weighted by molar-refractivity contribution is 6.32.